The van der Waals surface area contributed by atoms with Crippen molar-refractivity contribution in [2.24, 2.45) is 16.6 Å². The van der Waals surface area contributed by atoms with Crippen molar-refractivity contribution in [3.8, 4) is 0 Å². The summed E-state index contributed by atoms with van der Waals surface area (Å²) in [5, 5.41) is 3.08. The molecule has 3 unspecified atom stereocenters. The van der Waals surface area contributed by atoms with Crippen molar-refractivity contribution < 1.29 is 18.3 Å². The second-order valence-corrected chi connectivity index (χ2v) is 7.41. The van der Waals surface area contributed by atoms with Gasteiger partial charge in [0.05, 0.1) is 5.02 Å². The Kier molecular flexibility index (Phi) is 4.45. The first-order chi connectivity index (χ1) is 13.3. The van der Waals surface area contributed by atoms with E-state index in [2.05, 4.69) is 15.3 Å². The number of nitrogens with one attached hydrogen (secondary N) is 1. The van der Waals surface area contributed by atoms with Gasteiger partial charge in [0.2, 0.25) is 0 Å². The number of hydrogen-bond donors (Lipinski definition) is 2. The number of hydrogen-bond acceptors (Lipinski definition) is 5. The molecule has 1 fully saturated rings. The summed E-state index contributed by atoms with van der Waals surface area (Å²) in [6.07, 6.45) is 1.63. The lowest BCUT2D eigenvalue weighted by Gasteiger charge is -2.31. The van der Waals surface area contributed by atoms with Crippen LogP contribution < -0.4 is 11.1 Å². The summed E-state index contributed by atoms with van der Waals surface area (Å²) in [5.41, 5.74) is 5.32. The molecule has 4 rings (SSSR count). The zero-order valence-electron chi connectivity index (χ0n) is 14.9. The molecule has 2 heterocycles. The molecule has 2 aliphatic rings. The van der Waals surface area contributed by atoms with Crippen LogP contribution in [0.3, 0.4) is 0 Å². The number of carbonyl (C=O) groups excluding carboxylic acids is 1. The molecule has 0 saturated heterocycles. The van der Waals surface area contributed by atoms with Gasteiger partial charge < -0.3 is 15.8 Å². The number of amides is 1. The fourth-order valence-corrected chi connectivity index (χ4v) is 3.84. The molecule has 0 bridgehead atoms. The maximum Gasteiger partial charge on any atom is 0.283 e. The molecular formula is C19H17ClF2N4O2. The first-order valence-corrected chi connectivity index (χ1v) is 9.03. The van der Waals surface area contributed by atoms with Crippen LogP contribution in [0.4, 0.5) is 14.5 Å². The molecule has 28 heavy (non-hydrogen) atoms. The molecule has 1 aromatic carbocycles. The molecule has 1 amide bonds. The summed E-state index contributed by atoms with van der Waals surface area (Å²) in [6.45, 7) is 0.777. The lowest BCUT2D eigenvalue weighted by atomic mass is 9.85. The predicted molar refractivity (Wildman–Crippen MR) is 101 cm³/mol. The Labute approximate surface area is 164 Å². The molecule has 1 aromatic heterocycles. The second kappa shape index (κ2) is 6.70. The number of aromatic nitrogens is 1. The van der Waals surface area contributed by atoms with Crippen molar-refractivity contribution in [3.63, 3.8) is 0 Å². The maximum atomic E-state index is 14.6. The molecule has 1 aliphatic carbocycles. The van der Waals surface area contributed by atoms with Crippen LogP contribution in [0.1, 0.15) is 28.0 Å². The number of carbonyl (C=O) groups is 1. The van der Waals surface area contributed by atoms with Gasteiger partial charge in [-0.1, -0.05) is 11.6 Å². The topological polar surface area (TPSA) is 89.6 Å². The fraction of sp³-hybridized carbons (Fsp3) is 0.316. The number of halogens is 3. The fourth-order valence-electron chi connectivity index (χ4n) is 3.63. The van der Waals surface area contributed by atoms with E-state index in [0.717, 1.165) is 0 Å². The summed E-state index contributed by atoms with van der Waals surface area (Å²) >= 11 is 5.86. The van der Waals surface area contributed by atoms with Crippen LogP contribution in [0, 0.1) is 18.7 Å². The van der Waals surface area contributed by atoms with E-state index in [-0.39, 0.29) is 29.3 Å². The molecule has 3 N–H and O–H groups in total. The Hall–Kier alpha value is -2.74. The number of ether oxygens (including phenoxy) is 1. The van der Waals surface area contributed by atoms with Crippen LogP contribution in [0.15, 0.2) is 35.5 Å². The number of aryl methyl sites for hydroxylation is 1. The van der Waals surface area contributed by atoms with Crippen molar-refractivity contribution in [2.75, 3.05) is 12.0 Å². The molecule has 1 aliphatic heterocycles. The van der Waals surface area contributed by atoms with E-state index < -0.39 is 23.9 Å². The molecule has 0 spiro atoms. The number of nitrogens with two attached hydrogens (primary N) is 1. The highest BCUT2D eigenvalue weighted by Crippen LogP contribution is 2.53. The van der Waals surface area contributed by atoms with Gasteiger partial charge in [-0.2, -0.15) is 0 Å². The van der Waals surface area contributed by atoms with Crippen molar-refractivity contribution >= 4 is 29.2 Å². The summed E-state index contributed by atoms with van der Waals surface area (Å²) in [5.74, 6) is -1.41. The van der Waals surface area contributed by atoms with Crippen LogP contribution in [-0.4, -0.2) is 29.7 Å². The van der Waals surface area contributed by atoms with Crippen LogP contribution in [-0.2, 0) is 10.3 Å². The van der Waals surface area contributed by atoms with E-state index in [4.69, 9.17) is 22.1 Å². The van der Waals surface area contributed by atoms with Crippen molar-refractivity contribution in [1.82, 2.24) is 4.98 Å². The Morgan fingerprint density at radius 3 is 2.96 bits per heavy atom. The molecule has 1 saturated carbocycles. The molecule has 2 aromatic rings. The van der Waals surface area contributed by atoms with E-state index in [1.165, 1.54) is 24.4 Å². The van der Waals surface area contributed by atoms with Crippen LogP contribution in [0.5, 0.6) is 0 Å². The number of alkyl halides is 1. The third-order valence-electron chi connectivity index (χ3n) is 5.08. The predicted octanol–water partition coefficient (Wildman–Crippen LogP) is 3.33. The number of fused-ring (bicyclic) bond motifs is 1. The van der Waals surface area contributed by atoms with Crippen LogP contribution in [0.2, 0.25) is 5.02 Å². The maximum absolute atomic E-state index is 14.6. The number of amidine groups is 1. The Bertz CT molecular complexity index is 1000. The number of benzene rings is 1. The number of aliphatic imine (C=N–C) groups is 1. The highest BCUT2D eigenvalue weighted by atomic mass is 35.5. The standard InChI is InChI=1S/C19H17ClF2N4O2/c1-9-4-10(20)7-24-16(9)17(27)25-11-2-3-14(22)12(5-11)19(8-21)13-6-15(13)28-18(23)26-19/h2-5,7,13,15H,6,8H2,1H3,(H2,23,26)(H,25,27). The third kappa shape index (κ3) is 3.07. The summed E-state index contributed by atoms with van der Waals surface area (Å²) in [4.78, 5) is 20.7. The van der Waals surface area contributed by atoms with Crippen LogP contribution >= 0.6 is 11.6 Å². The van der Waals surface area contributed by atoms with Gasteiger partial charge in [0.25, 0.3) is 11.9 Å². The van der Waals surface area contributed by atoms with Gasteiger partial charge in [-0.05, 0) is 43.2 Å². The van der Waals surface area contributed by atoms with Crippen molar-refractivity contribution in [3.05, 3.63) is 58.1 Å². The van der Waals surface area contributed by atoms with Gasteiger partial charge in [-0.25, -0.2) is 18.8 Å². The largest absolute Gasteiger partial charge is 0.462 e. The first kappa shape index (κ1) is 18.6. The van der Waals surface area contributed by atoms with E-state index in [0.29, 0.717) is 22.7 Å². The summed E-state index contributed by atoms with van der Waals surface area (Å²) in [7, 11) is 0. The van der Waals surface area contributed by atoms with Gasteiger partial charge in [0.15, 0.2) is 0 Å². The number of pyridine rings is 1. The Morgan fingerprint density at radius 1 is 1.46 bits per heavy atom. The minimum atomic E-state index is -1.45. The Morgan fingerprint density at radius 2 is 2.25 bits per heavy atom. The monoisotopic (exact) mass is 406 g/mol. The zero-order chi connectivity index (χ0) is 20.1. The van der Waals surface area contributed by atoms with E-state index in [9.17, 15) is 13.6 Å². The number of nitrogens with zero attached hydrogens (tertiary/aromatic N) is 2. The lowest BCUT2D eigenvalue weighted by molar-refractivity contribution is 0.102. The van der Waals surface area contributed by atoms with Gasteiger partial charge >= 0.3 is 0 Å². The van der Waals surface area contributed by atoms with Gasteiger partial charge in [-0.15, -0.1) is 0 Å². The number of rotatable bonds is 4. The molecule has 9 heteroatoms. The summed E-state index contributed by atoms with van der Waals surface area (Å²) in [6, 6.07) is 5.40. The SMILES string of the molecule is Cc1cc(Cl)cnc1C(=O)Nc1ccc(F)c(C2(CF)N=C(N)OC3CC32)c1. The third-order valence-corrected chi connectivity index (χ3v) is 5.29. The van der Waals surface area contributed by atoms with E-state index in [1.807, 2.05) is 0 Å². The average molecular weight is 407 g/mol. The molecule has 146 valence electrons. The normalized spacial score (nSPS) is 25.4. The average Bonchev–Trinajstić information content (AvgIpc) is 3.42. The smallest absolute Gasteiger partial charge is 0.283 e. The molecular weight excluding hydrogens is 390 g/mol. The highest BCUT2D eigenvalue weighted by molar-refractivity contribution is 6.30. The highest BCUT2D eigenvalue weighted by Gasteiger charge is 2.60. The van der Waals surface area contributed by atoms with Gasteiger partial charge in [0.1, 0.15) is 29.8 Å². The van der Waals surface area contributed by atoms with Crippen molar-refractivity contribution in [1.29, 1.82) is 0 Å². The minimum absolute atomic E-state index is 0.0346. The van der Waals surface area contributed by atoms with E-state index in [1.54, 1.807) is 13.0 Å². The molecule has 6 nitrogen and oxygen atoms in total. The summed E-state index contributed by atoms with van der Waals surface area (Å²) < 4.78 is 34.0. The first-order valence-electron chi connectivity index (χ1n) is 8.65. The second-order valence-electron chi connectivity index (χ2n) is 6.97. The van der Waals surface area contributed by atoms with Crippen molar-refractivity contribution in [2.45, 2.75) is 25.0 Å². The van der Waals surface area contributed by atoms with Gasteiger partial charge in [0, 0.05) is 23.4 Å². The molecule has 3 atom stereocenters. The quantitative estimate of drug-likeness (QED) is 0.815. The lowest BCUT2D eigenvalue weighted by Crippen LogP contribution is -2.39. The minimum Gasteiger partial charge on any atom is -0.462 e. The Balaban J connectivity index is 1.68. The molecule has 0 radical (unpaired) electrons. The zero-order valence-corrected chi connectivity index (χ0v) is 15.6. The van der Waals surface area contributed by atoms with Crippen LogP contribution in [0.25, 0.3) is 0 Å². The van der Waals surface area contributed by atoms with Gasteiger partial charge in [-0.3, -0.25) is 4.79 Å². The van der Waals surface area contributed by atoms with E-state index >= 15 is 0 Å². The number of anilines is 1.